The van der Waals surface area contributed by atoms with Crippen LogP contribution in [0.5, 0.6) is 5.75 Å². The summed E-state index contributed by atoms with van der Waals surface area (Å²) in [5.74, 6) is -12.8. The summed E-state index contributed by atoms with van der Waals surface area (Å²) in [6.45, 7) is -0.788. The van der Waals surface area contributed by atoms with Crippen molar-refractivity contribution in [1.29, 1.82) is 0 Å². The number of rotatable bonds is 4. The maximum atomic E-state index is 13.3. The van der Waals surface area contributed by atoms with Crippen molar-refractivity contribution >= 4 is 16.1 Å². The zero-order valence-corrected chi connectivity index (χ0v) is 10.4. The number of methoxy groups -OCH3 is 1. The van der Waals surface area contributed by atoms with Crippen molar-refractivity contribution in [3.8, 4) is 5.75 Å². The summed E-state index contributed by atoms with van der Waals surface area (Å²) in [5, 5.41) is 0. The molecule has 0 N–H and O–H groups in total. The number of carbonyl (C=O) groups excluding carboxylic acids is 1. The molecule has 112 valence electrons. The first kappa shape index (κ1) is 16.3. The Hall–Kier alpha value is -1.72. The fourth-order valence-corrected chi connectivity index (χ4v) is 1.78. The Morgan fingerprint density at radius 1 is 1.10 bits per heavy atom. The van der Waals surface area contributed by atoms with Crippen LogP contribution < -0.4 is 4.74 Å². The van der Waals surface area contributed by atoms with E-state index in [2.05, 4.69) is 9.47 Å². The van der Waals surface area contributed by atoms with Crippen LogP contribution in [0.1, 0.15) is 0 Å². The van der Waals surface area contributed by atoms with Gasteiger partial charge in [-0.3, -0.25) is 0 Å². The van der Waals surface area contributed by atoms with E-state index in [0.29, 0.717) is 0 Å². The molecule has 0 spiro atoms. The van der Waals surface area contributed by atoms with E-state index in [0.717, 1.165) is 7.11 Å². The van der Waals surface area contributed by atoms with E-state index in [4.69, 9.17) is 0 Å². The lowest BCUT2D eigenvalue weighted by Gasteiger charge is -2.13. The van der Waals surface area contributed by atoms with Gasteiger partial charge in [0.15, 0.2) is 11.6 Å². The van der Waals surface area contributed by atoms with Gasteiger partial charge in [-0.2, -0.15) is 8.78 Å². The Balaban J connectivity index is 3.49. The Kier molecular flexibility index (Phi) is 4.68. The quantitative estimate of drug-likeness (QED) is 0.267. The summed E-state index contributed by atoms with van der Waals surface area (Å²) in [6, 6.07) is 0. The van der Waals surface area contributed by atoms with E-state index in [1.165, 1.54) is 0 Å². The van der Waals surface area contributed by atoms with Gasteiger partial charge in [-0.25, -0.2) is 22.0 Å². The van der Waals surface area contributed by atoms with Gasteiger partial charge < -0.3 is 14.0 Å². The van der Waals surface area contributed by atoms with Gasteiger partial charge in [-0.15, -0.1) is 0 Å². The molecule has 0 atom stereocenters. The van der Waals surface area contributed by atoms with Crippen LogP contribution in [0.2, 0.25) is 0 Å². The second kappa shape index (κ2) is 5.73. The normalized spacial score (nSPS) is 11.5. The third-order valence-corrected chi connectivity index (χ3v) is 2.77. The molecule has 11 heteroatoms. The van der Waals surface area contributed by atoms with Crippen molar-refractivity contribution in [1.82, 2.24) is 0 Å². The molecule has 0 aliphatic carbocycles. The zero-order chi connectivity index (χ0) is 15.7. The van der Waals surface area contributed by atoms with Crippen LogP contribution in [-0.2, 0) is 19.6 Å². The fraction of sp³-hybridized carbons (Fsp3) is 0.222. The predicted octanol–water partition coefficient (Wildman–Crippen LogP) is 0.699. The highest BCUT2D eigenvalue weighted by Gasteiger charge is 2.31. The molecule has 6 nitrogen and oxygen atoms in total. The molecule has 0 saturated heterocycles. The van der Waals surface area contributed by atoms with Gasteiger partial charge in [0.25, 0.3) is 0 Å². The van der Waals surface area contributed by atoms with Gasteiger partial charge in [0, 0.05) is 7.11 Å². The summed E-state index contributed by atoms with van der Waals surface area (Å²) in [5.41, 5.74) is 0. The monoisotopic (exact) mass is 317 g/mol. The van der Waals surface area contributed by atoms with E-state index in [-0.39, 0.29) is 0 Å². The number of hydrogen-bond acceptors (Lipinski definition) is 6. The average Bonchev–Trinajstić information content (AvgIpc) is 2.31. The van der Waals surface area contributed by atoms with Crippen LogP contribution in [0.15, 0.2) is 4.90 Å². The smallest absolute Gasteiger partial charge is 0.337 e. The molecule has 1 rings (SSSR count). The van der Waals surface area contributed by atoms with Crippen LogP contribution >= 0.6 is 0 Å². The standard InChI is InChI=1S/C9H6F4O6S/c1-18-2-3(14)19-8-4(10)6(12)9(20(15,16)17)7(13)5(8)11/h2H2,1H3,(H,15,16,17)/p-1. The Labute approximate surface area is 109 Å². The molecule has 0 saturated carbocycles. The highest BCUT2D eigenvalue weighted by molar-refractivity contribution is 7.85. The molecule has 0 unspecified atom stereocenters. The molecule has 0 aliphatic heterocycles. The van der Waals surface area contributed by atoms with Crippen LogP contribution in [0.25, 0.3) is 0 Å². The third-order valence-electron chi connectivity index (χ3n) is 1.91. The summed E-state index contributed by atoms with van der Waals surface area (Å²) in [6.07, 6.45) is 0. The van der Waals surface area contributed by atoms with Gasteiger partial charge >= 0.3 is 5.97 Å². The van der Waals surface area contributed by atoms with Crippen LogP contribution in [0, 0.1) is 23.3 Å². The van der Waals surface area contributed by atoms with Crippen LogP contribution in [-0.4, -0.2) is 32.7 Å². The van der Waals surface area contributed by atoms with Crippen molar-refractivity contribution in [2.24, 2.45) is 0 Å². The maximum Gasteiger partial charge on any atom is 0.337 e. The van der Waals surface area contributed by atoms with Crippen LogP contribution in [0.4, 0.5) is 17.6 Å². The number of benzene rings is 1. The summed E-state index contributed by atoms with van der Waals surface area (Å²) < 4.78 is 92.9. The van der Waals surface area contributed by atoms with Gasteiger partial charge in [-0.1, -0.05) is 0 Å². The SMILES string of the molecule is COCC(=O)Oc1c(F)c(F)c(S(=O)(=O)[O-])c(F)c1F. The molecule has 0 bridgehead atoms. The van der Waals surface area contributed by atoms with E-state index in [9.17, 15) is 35.3 Å². The zero-order valence-electron chi connectivity index (χ0n) is 9.58. The second-order valence-corrected chi connectivity index (χ2v) is 4.59. The highest BCUT2D eigenvalue weighted by atomic mass is 32.2. The van der Waals surface area contributed by atoms with E-state index >= 15 is 0 Å². The number of esters is 1. The predicted molar refractivity (Wildman–Crippen MR) is 51.7 cm³/mol. The van der Waals surface area contributed by atoms with Crippen molar-refractivity contribution in [3.05, 3.63) is 23.3 Å². The molecule has 0 amide bonds. The number of carbonyl (C=O) groups is 1. The highest BCUT2D eigenvalue weighted by Crippen LogP contribution is 2.32. The van der Waals surface area contributed by atoms with Gasteiger partial charge in [0.1, 0.15) is 21.6 Å². The molecule has 0 aliphatic rings. The first-order chi connectivity index (χ1) is 9.11. The van der Waals surface area contributed by atoms with E-state index in [1.807, 2.05) is 0 Å². The lowest BCUT2D eigenvalue weighted by molar-refractivity contribution is -0.138. The van der Waals surface area contributed by atoms with Crippen molar-refractivity contribution in [2.75, 3.05) is 13.7 Å². The molecule has 0 fully saturated rings. The average molecular weight is 317 g/mol. The number of ether oxygens (including phenoxy) is 2. The molecule has 0 radical (unpaired) electrons. The minimum atomic E-state index is -5.81. The Morgan fingerprint density at radius 3 is 1.90 bits per heavy atom. The van der Waals surface area contributed by atoms with Crippen molar-refractivity contribution < 1.29 is 44.8 Å². The lowest BCUT2D eigenvalue weighted by Crippen LogP contribution is -2.18. The lowest BCUT2D eigenvalue weighted by atomic mass is 10.3. The van der Waals surface area contributed by atoms with Gasteiger partial charge in [0.05, 0.1) is 0 Å². The molecular formula is C9H5F4O6S-. The second-order valence-electron chi connectivity index (χ2n) is 3.28. The molecule has 20 heavy (non-hydrogen) atoms. The molecule has 0 aromatic heterocycles. The first-order valence-corrected chi connectivity index (χ1v) is 6.03. The molecule has 1 aromatic rings. The Bertz CT molecular complexity index is 628. The number of hydrogen-bond donors (Lipinski definition) is 0. The van der Waals surface area contributed by atoms with E-state index in [1.54, 1.807) is 0 Å². The number of halogens is 4. The van der Waals surface area contributed by atoms with Crippen LogP contribution in [0.3, 0.4) is 0 Å². The summed E-state index contributed by atoms with van der Waals surface area (Å²) in [7, 11) is -4.78. The van der Waals surface area contributed by atoms with Gasteiger partial charge in [0.2, 0.25) is 17.4 Å². The summed E-state index contributed by atoms with van der Waals surface area (Å²) in [4.78, 5) is 8.58. The molecular weight excluding hydrogens is 312 g/mol. The fourth-order valence-electron chi connectivity index (χ4n) is 1.16. The summed E-state index contributed by atoms with van der Waals surface area (Å²) >= 11 is 0. The Morgan fingerprint density at radius 2 is 1.55 bits per heavy atom. The maximum absolute atomic E-state index is 13.3. The molecule has 1 aromatic carbocycles. The first-order valence-electron chi connectivity index (χ1n) is 4.62. The minimum Gasteiger partial charge on any atom is -0.744 e. The third kappa shape index (κ3) is 3.05. The largest absolute Gasteiger partial charge is 0.744 e. The topological polar surface area (TPSA) is 92.7 Å². The van der Waals surface area contributed by atoms with Gasteiger partial charge in [-0.05, 0) is 0 Å². The molecule has 0 heterocycles. The van der Waals surface area contributed by atoms with Crippen molar-refractivity contribution in [2.45, 2.75) is 4.90 Å². The van der Waals surface area contributed by atoms with E-state index < -0.39 is 56.6 Å². The minimum absolute atomic E-state index is 0.788. The van der Waals surface area contributed by atoms with Crippen molar-refractivity contribution in [3.63, 3.8) is 0 Å².